The molecule has 0 saturated carbocycles. The number of carbonyl (C=O) groups excluding carboxylic acids is 3. The Morgan fingerprint density at radius 2 is 1.95 bits per heavy atom. The molecule has 0 aliphatic carbocycles. The van der Waals surface area contributed by atoms with E-state index in [1.807, 2.05) is 0 Å². The van der Waals surface area contributed by atoms with E-state index in [2.05, 4.69) is 10.6 Å². The van der Waals surface area contributed by atoms with Gasteiger partial charge >= 0.3 is 12.1 Å². The minimum atomic E-state index is -0.718. The second-order valence-electron chi connectivity index (χ2n) is 5.74. The van der Waals surface area contributed by atoms with Gasteiger partial charge in [0.25, 0.3) is 5.91 Å². The third kappa shape index (κ3) is 4.71. The Labute approximate surface area is 119 Å². The summed E-state index contributed by atoms with van der Waals surface area (Å²) in [5.41, 5.74) is -0.627. The minimum Gasteiger partial charge on any atom is -0.444 e. The van der Waals surface area contributed by atoms with Gasteiger partial charge in [0.05, 0.1) is 0 Å². The first kappa shape index (κ1) is 16.3. The SMILES string of the molecule is CNC(=O)N1CCCC[C@H](NC(=O)OC(C)(C)C)C1=O. The molecule has 20 heavy (non-hydrogen) atoms. The van der Waals surface area contributed by atoms with Crippen molar-refractivity contribution in [2.45, 2.75) is 51.7 Å². The van der Waals surface area contributed by atoms with Gasteiger partial charge in [-0.25, -0.2) is 9.59 Å². The molecule has 1 rings (SSSR count). The van der Waals surface area contributed by atoms with Crippen LogP contribution in [0.2, 0.25) is 0 Å². The van der Waals surface area contributed by atoms with Crippen LogP contribution in [-0.2, 0) is 9.53 Å². The van der Waals surface area contributed by atoms with Gasteiger partial charge in [-0.1, -0.05) is 0 Å². The van der Waals surface area contributed by atoms with E-state index in [4.69, 9.17) is 4.74 Å². The van der Waals surface area contributed by atoms with Crippen molar-refractivity contribution >= 4 is 18.0 Å². The van der Waals surface area contributed by atoms with Gasteiger partial charge in [0.15, 0.2) is 0 Å². The monoisotopic (exact) mass is 285 g/mol. The Morgan fingerprint density at radius 3 is 2.50 bits per heavy atom. The molecule has 7 nitrogen and oxygen atoms in total. The van der Waals surface area contributed by atoms with Crippen molar-refractivity contribution in [1.82, 2.24) is 15.5 Å². The summed E-state index contributed by atoms with van der Waals surface area (Å²) in [7, 11) is 1.47. The van der Waals surface area contributed by atoms with Gasteiger partial charge in [0.1, 0.15) is 11.6 Å². The molecule has 1 atom stereocenters. The lowest BCUT2D eigenvalue weighted by Gasteiger charge is -2.25. The summed E-state index contributed by atoms with van der Waals surface area (Å²) in [6.45, 7) is 5.61. The van der Waals surface area contributed by atoms with Crippen LogP contribution in [0.1, 0.15) is 40.0 Å². The molecule has 7 heteroatoms. The van der Waals surface area contributed by atoms with Gasteiger partial charge in [-0.05, 0) is 40.0 Å². The van der Waals surface area contributed by atoms with Gasteiger partial charge in [-0.3, -0.25) is 9.69 Å². The summed E-state index contributed by atoms with van der Waals surface area (Å²) in [6.07, 6.45) is 1.35. The van der Waals surface area contributed by atoms with E-state index in [1.165, 1.54) is 7.05 Å². The van der Waals surface area contributed by atoms with Gasteiger partial charge in [-0.15, -0.1) is 0 Å². The molecule has 2 N–H and O–H groups in total. The smallest absolute Gasteiger partial charge is 0.408 e. The molecule has 114 valence electrons. The fraction of sp³-hybridized carbons (Fsp3) is 0.769. The van der Waals surface area contributed by atoms with Crippen molar-refractivity contribution in [3.63, 3.8) is 0 Å². The van der Waals surface area contributed by atoms with Crippen LogP contribution in [0.25, 0.3) is 0 Å². The average molecular weight is 285 g/mol. The maximum atomic E-state index is 12.2. The zero-order chi connectivity index (χ0) is 15.3. The first-order chi connectivity index (χ1) is 9.24. The highest BCUT2D eigenvalue weighted by Crippen LogP contribution is 2.14. The molecule has 1 aliphatic heterocycles. The van der Waals surface area contributed by atoms with Gasteiger partial charge in [0.2, 0.25) is 0 Å². The standard InChI is InChI=1S/C13H23N3O4/c1-13(2,3)20-12(19)15-9-7-5-6-8-16(10(9)17)11(18)14-4/h9H,5-8H2,1-4H3,(H,14,18)(H,15,19)/t9-/m0/s1. The molecule has 1 saturated heterocycles. The minimum absolute atomic E-state index is 0.366. The predicted octanol–water partition coefficient (Wildman–Crippen LogP) is 1.23. The number of ether oxygens (including phenoxy) is 1. The molecule has 1 fully saturated rings. The Balaban J connectivity index is 2.70. The normalized spacial score (nSPS) is 20.1. The molecule has 0 aromatic carbocycles. The van der Waals surface area contributed by atoms with E-state index in [-0.39, 0.29) is 0 Å². The van der Waals surface area contributed by atoms with Crippen molar-refractivity contribution < 1.29 is 19.1 Å². The third-order valence-corrected chi connectivity index (χ3v) is 2.84. The Hall–Kier alpha value is -1.79. The number of nitrogens with zero attached hydrogens (tertiary/aromatic N) is 1. The highest BCUT2D eigenvalue weighted by atomic mass is 16.6. The molecule has 1 heterocycles. The lowest BCUT2D eigenvalue weighted by Crippen LogP contribution is -2.52. The number of likely N-dealkylation sites (tertiary alicyclic amines) is 1. The fourth-order valence-electron chi connectivity index (χ4n) is 1.96. The van der Waals surface area contributed by atoms with Crippen LogP contribution in [0.3, 0.4) is 0 Å². The van der Waals surface area contributed by atoms with Crippen LogP contribution >= 0.6 is 0 Å². The quantitative estimate of drug-likeness (QED) is 0.758. The van der Waals surface area contributed by atoms with E-state index < -0.39 is 29.7 Å². The van der Waals surface area contributed by atoms with Crippen molar-refractivity contribution in [2.24, 2.45) is 0 Å². The lowest BCUT2D eigenvalue weighted by atomic mass is 10.1. The third-order valence-electron chi connectivity index (χ3n) is 2.84. The van der Waals surface area contributed by atoms with E-state index in [0.717, 1.165) is 17.7 Å². The summed E-state index contributed by atoms with van der Waals surface area (Å²) in [5.74, 6) is -0.396. The van der Waals surface area contributed by atoms with E-state index in [1.54, 1.807) is 20.8 Å². The number of urea groups is 1. The second kappa shape index (κ2) is 6.58. The number of carbonyl (C=O) groups is 3. The topological polar surface area (TPSA) is 87.7 Å². The summed E-state index contributed by atoms with van der Waals surface area (Å²) in [5, 5.41) is 4.97. The highest BCUT2D eigenvalue weighted by molar-refractivity contribution is 5.98. The molecule has 4 amide bonds. The molecular weight excluding hydrogens is 262 g/mol. The maximum Gasteiger partial charge on any atom is 0.408 e. The number of alkyl carbamates (subject to hydrolysis) is 1. The Morgan fingerprint density at radius 1 is 1.30 bits per heavy atom. The lowest BCUT2D eigenvalue weighted by molar-refractivity contribution is -0.130. The number of amides is 4. The first-order valence-corrected chi connectivity index (χ1v) is 6.77. The van der Waals surface area contributed by atoms with E-state index in [0.29, 0.717) is 13.0 Å². The van der Waals surface area contributed by atoms with Gasteiger partial charge < -0.3 is 15.4 Å². The number of rotatable bonds is 1. The van der Waals surface area contributed by atoms with Crippen LogP contribution in [0.4, 0.5) is 9.59 Å². The molecule has 0 radical (unpaired) electrons. The zero-order valence-corrected chi connectivity index (χ0v) is 12.5. The summed E-state index contributed by atoms with van der Waals surface area (Å²) >= 11 is 0. The van der Waals surface area contributed by atoms with Crippen LogP contribution in [0.5, 0.6) is 0 Å². The average Bonchev–Trinajstić information content (AvgIpc) is 2.49. The Kier molecular flexibility index (Phi) is 5.35. The van der Waals surface area contributed by atoms with Crippen molar-refractivity contribution in [3.8, 4) is 0 Å². The number of hydrogen-bond acceptors (Lipinski definition) is 4. The first-order valence-electron chi connectivity index (χ1n) is 6.77. The molecule has 1 aliphatic rings. The van der Waals surface area contributed by atoms with E-state index in [9.17, 15) is 14.4 Å². The molecule has 0 unspecified atom stereocenters. The zero-order valence-electron chi connectivity index (χ0n) is 12.5. The summed E-state index contributed by atoms with van der Waals surface area (Å²) in [6, 6.07) is -1.17. The Bertz CT molecular complexity index is 390. The second-order valence-corrected chi connectivity index (χ2v) is 5.74. The van der Waals surface area contributed by atoms with Gasteiger partial charge in [-0.2, -0.15) is 0 Å². The molecule has 0 aromatic rings. The number of hydrogen-bond donors (Lipinski definition) is 2. The predicted molar refractivity (Wildman–Crippen MR) is 73.2 cm³/mol. The van der Waals surface area contributed by atoms with Crippen LogP contribution < -0.4 is 10.6 Å². The molecule has 0 aromatic heterocycles. The van der Waals surface area contributed by atoms with Crippen LogP contribution in [-0.4, -0.2) is 48.2 Å². The van der Waals surface area contributed by atoms with Crippen LogP contribution in [0, 0.1) is 0 Å². The summed E-state index contributed by atoms with van der Waals surface area (Å²) < 4.78 is 5.13. The summed E-state index contributed by atoms with van der Waals surface area (Å²) in [4.78, 5) is 36.7. The molecular formula is C13H23N3O4. The van der Waals surface area contributed by atoms with Crippen molar-refractivity contribution in [2.75, 3.05) is 13.6 Å². The highest BCUT2D eigenvalue weighted by Gasteiger charge is 2.32. The number of imide groups is 1. The van der Waals surface area contributed by atoms with Crippen molar-refractivity contribution in [1.29, 1.82) is 0 Å². The van der Waals surface area contributed by atoms with E-state index >= 15 is 0 Å². The van der Waals surface area contributed by atoms with Gasteiger partial charge in [0, 0.05) is 13.6 Å². The van der Waals surface area contributed by atoms with Crippen molar-refractivity contribution in [3.05, 3.63) is 0 Å². The number of nitrogens with one attached hydrogen (secondary N) is 2. The van der Waals surface area contributed by atoms with Crippen LogP contribution in [0.15, 0.2) is 0 Å². The molecule has 0 spiro atoms. The largest absolute Gasteiger partial charge is 0.444 e. The molecule has 0 bridgehead atoms. The maximum absolute atomic E-state index is 12.2. The fourth-order valence-corrected chi connectivity index (χ4v) is 1.96.